The number of hydrogen-bond donors (Lipinski definition) is 2. The van der Waals surface area contributed by atoms with Crippen molar-refractivity contribution >= 4 is 64.0 Å². The number of halogens is 5. The molecule has 3 nitrogen and oxygen atoms in total. The van der Waals surface area contributed by atoms with Crippen molar-refractivity contribution in [3.05, 3.63) is 30.7 Å². The summed E-state index contributed by atoms with van der Waals surface area (Å²) >= 11 is 30.5. The first-order valence-corrected chi connectivity index (χ1v) is 9.56. The SMILES string of the molecule is CCC(CCCc1c(Cl)c(Cl)c(Cl)c(Cl)c1Cl)CC(CN)C(=O)O. The quantitative estimate of drug-likeness (QED) is 0.351. The van der Waals surface area contributed by atoms with Crippen LogP contribution in [-0.4, -0.2) is 17.6 Å². The molecular weight excluding hydrogens is 415 g/mol. The normalized spacial score (nSPS) is 13.8. The lowest BCUT2D eigenvalue weighted by Crippen LogP contribution is -2.25. The van der Waals surface area contributed by atoms with Crippen LogP contribution < -0.4 is 5.73 Å². The van der Waals surface area contributed by atoms with Crippen LogP contribution in [0.1, 0.15) is 38.2 Å². The molecule has 2 unspecified atom stereocenters. The number of aliphatic carboxylic acids is 1. The molecular formula is C16H20Cl5NO2. The van der Waals surface area contributed by atoms with Gasteiger partial charge in [0.2, 0.25) is 0 Å². The molecule has 24 heavy (non-hydrogen) atoms. The van der Waals surface area contributed by atoms with Crippen LogP contribution in [-0.2, 0) is 11.2 Å². The first-order valence-electron chi connectivity index (χ1n) is 7.67. The van der Waals surface area contributed by atoms with Gasteiger partial charge in [-0.25, -0.2) is 0 Å². The molecule has 0 saturated carbocycles. The minimum absolute atomic E-state index is 0.145. The van der Waals surface area contributed by atoms with Gasteiger partial charge in [0.25, 0.3) is 0 Å². The van der Waals surface area contributed by atoms with E-state index < -0.39 is 11.9 Å². The topological polar surface area (TPSA) is 63.3 Å². The number of hydrogen-bond acceptors (Lipinski definition) is 2. The van der Waals surface area contributed by atoms with Crippen molar-refractivity contribution < 1.29 is 9.90 Å². The zero-order valence-corrected chi connectivity index (χ0v) is 17.0. The van der Waals surface area contributed by atoms with Gasteiger partial charge < -0.3 is 10.8 Å². The molecule has 0 bridgehead atoms. The standard InChI is InChI=1S/C16H20Cl5NO2/c1-2-8(6-9(7-22)16(23)24)4-3-5-10-11(17)13(19)15(21)14(20)12(10)18/h8-9H,2-7,22H2,1H3,(H,23,24). The van der Waals surface area contributed by atoms with Crippen molar-refractivity contribution in [3.63, 3.8) is 0 Å². The molecule has 0 aliphatic carbocycles. The number of carboxylic acids is 1. The molecule has 0 fully saturated rings. The van der Waals surface area contributed by atoms with Crippen LogP contribution in [0.15, 0.2) is 0 Å². The predicted molar refractivity (Wildman–Crippen MR) is 103 cm³/mol. The third-order valence-corrected chi connectivity index (χ3v) is 6.52. The van der Waals surface area contributed by atoms with E-state index in [-0.39, 0.29) is 27.5 Å². The maximum Gasteiger partial charge on any atom is 0.307 e. The van der Waals surface area contributed by atoms with Gasteiger partial charge in [0.15, 0.2) is 0 Å². The van der Waals surface area contributed by atoms with Gasteiger partial charge in [-0.05, 0) is 30.7 Å². The molecule has 0 aromatic heterocycles. The van der Waals surface area contributed by atoms with E-state index in [1.165, 1.54) is 0 Å². The third-order valence-electron chi connectivity index (χ3n) is 4.17. The Balaban J connectivity index is 2.75. The van der Waals surface area contributed by atoms with Gasteiger partial charge in [-0.2, -0.15) is 0 Å². The molecule has 1 aromatic carbocycles. The highest BCUT2D eigenvalue weighted by Gasteiger charge is 2.22. The van der Waals surface area contributed by atoms with E-state index in [0.29, 0.717) is 28.5 Å². The molecule has 0 spiro atoms. The summed E-state index contributed by atoms with van der Waals surface area (Å²) in [4.78, 5) is 11.1. The van der Waals surface area contributed by atoms with E-state index in [1.54, 1.807) is 0 Å². The van der Waals surface area contributed by atoms with E-state index in [1.807, 2.05) is 6.92 Å². The Morgan fingerprint density at radius 1 is 1.04 bits per heavy atom. The fourth-order valence-electron chi connectivity index (χ4n) is 2.63. The molecule has 136 valence electrons. The maximum atomic E-state index is 11.1. The summed E-state index contributed by atoms with van der Waals surface area (Å²) < 4.78 is 0. The summed E-state index contributed by atoms with van der Waals surface area (Å²) in [6, 6.07) is 0. The molecule has 0 aliphatic heterocycles. The second-order valence-electron chi connectivity index (χ2n) is 5.72. The van der Waals surface area contributed by atoms with E-state index in [9.17, 15) is 4.79 Å². The van der Waals surface area contributed by atoms with Gasteiger partial charge in [-0.15, -0.1) is 0 Å². The zero-order chi connectivity index (χ0) is 18.4. The van der Waals surface area contributed by atoms with Crippen molar-refractivity contribution in [2.24, 2.45) is 17.6 Å². The highest BCUT2D eigenvalue weighted by molar-refractivity contribution is 6.55. The second kappa shape index (κ2) is 10.3. The average Bonchev–Trinajstić information content (AvgIpc) is 2.56. The minimum atomic E-state index is -0.849. The first kappa shape index (κ1) is 22.1. The lowest BCUT2D eigenvalue weighted by atomic mass is 9.88. The Hall–Kier alpha value is 0.1000. The van der Waals surface area contributed by atoms with Gasteiger partial charge in [0.1, 0.15) is 0 Å². The van der Waals surface area contributed by atoms with Crippen LogP contribution in [0.4, 0.5) is 0 Å². The predicted octanol–water partition coefficient (Wildman–Crippen LogP) is 6.35. The molecule has 0 heterocycles. The Morgan fingerprint density at radius 2 is 1.54 bits per heavy atom. The van der Waals surface area contributed by atoms with Crippen molar-refractivity contribution in [2.75, 3.05) is 6.54 Å². The summed E-state index contributed by atoms with van der Waals surface area (Å²) in [5.74, 6) is -1.09. The molecule has 0 saturated heterocycles. The smallest absolute Gasteiger partial charge is 0.307 e. The van der Waals surface area contributed by atoms with Crippen LogP contribution in [0.25, 0.3) is 0 Å². The first-order chi connectivity index (χ1) is 11.2. The lowest BCUT2D eigenvalue weighted by molar-refractivity contribution is -0.142. The summed E-state index contributed by atoms with van der Waals surface area (Å²) in [7, 11) is 0. The average molecular weight is 436 g/mol. The van der Waals surface area contributed by atoms with Gasteiger partial charge >= 0.3 is 5.97 Å². The highest BCUT2D eigenvalue weighted by Crippen LogP contribution is 2.44. The van der Waals surface area contributed by atoms with Gasteiger partial charge in [0, 0.05) is 6.54 Å². The van der Waals surface area contributed by atoms with Crippen molar-refractivity contribution in [1.29, 1.82) is 0 Å². The number of carboxylic acid groups (broad SMARTS) is 1. The van der Waals surface area contributed by atoms with E-state index >= 15 is 0 Å². The fourth-order valence-corrected chi connectivity index (χ4v) is 3.99. The fraction of sp³-hybridized carbons (Fsp3) is 0.562. The summed E-state index contributed by atoms with van der Waals surface area (Å²) in [5.41, 5.74) is 6.19. The zero-order valence-electron chi connectivity index (χ0n) is 13.2. The van der Waals surface area contributed by atoms with Crippen molar-refractivity contribution in [2.45, 2.75) is 39.0 Å². The maximum absolute atomic E-state index is 11.1. The molecule has 0 aliphatic rings. The summed E-state index contributed by atoms with van der Waals surface area (Å²) in [6.45, 7) is 2.18. The monoisotopic (exact) mass is 433 g/mol. The van der Waals surface area contributed by atoms with Crippen LogP contribution in [0.5, 0.6) is 0 Å². The summed E-state index contributed by atoms with van der Waals surface area (Å²) in [6.07, 6.45) is 3.65. The van der Waals surface area contributed by atoms with Gasteiger partial charge in [0.05, 0.1) is 31.0 Å². The van der Waals surface area contributed by atoms with Crippen molar-refractivity contribution in [1.82, 2.24) is 0 Å². The molecule has 0 amide bonds. The molecule has 1 rings (SSSR count). The molecule has 2 atom stereocenters. The Morgan fingerprint density at radius 3 is 1.96 bits per heavy atom. The van der Waals surface area contributed by atoms with Crippen LogP contribution in [0.3, 0.4) is 0 Å². The summed E-state index contributed by atoms with van der Waals surface area (Å²) in [5, 5.41) is 10.3. The highest BCUT2D eigenvalue weighted by atomic mass is 35.5. The number of nitrogens with two attached hydrogens (primary N) is 1. The van der Waals surface area contributed by atoms with Crippen molar-refractivity contribution in [3.8, 4) is 0 Å². The Labute approximate surface area is 167 Å². The second-order valence-corrected chi connectivity index (χ2v) is 7.61. The molecule has 8 heteroatoms. The third kappa shape index (κ3) is 5.55. The molecule has 3 N–H and O–H groups in total. The Bertz CT molecular complexity index is 565. The van der Waals surface area contributed by atoms with E-state index in [0.717, 1.165) is 19.3 Å². The van der Waals surface area contributed by atoms with Gasteiger partial charge in [-0.3, -0.25) is 4.79 Å². The minimum Gasteiger partial charge on any atom is -0.481 e. The molecule has 0 radical (unpaired) electrons. The van der Waals surface area contributed by atoms with E-state index in [4.69, 9.17) is 68.8 Å². The van der Waals surface area contributed by atoms with Crippen LogP contribution >= 0.6 is 58.0 Å². The van der Waals surface area contributed by atoms with E-state index in [2.05, 4.69) is 0 Å². The number of rotatable bonds is 9. The van der Waals surface area contributed by atoms with Gasteiger partial charge in [-0.1, -0.05) is 77.8 Å². The van der Waals surface area contributed by atoms with Crippen LogP contribution in [0.2, 0.25) is 25.1 Å². The number of carbonyl (C=O) groups is 1. The van der Waals surface area contributed by atoms with Crippen LogP contribution in [0, 0.1) is 11.8 Å². The Kier molecular flexibility index (Phi) is 9.50. The largest absolute Gasteiger partial charge is 0.481 e. The number of benzene rings is 1. The lowest BCUT2D eigenvalue weighted by Gasteiger charge is -2.19. The molecule has 1 aromatic rings.